The van der Waals surface area contributed by atoms with E-state index in [-0.39, 0.29) is 0 Å². The van der Waals surface area contributed by atoms with Crippen LogP contribution in [0.25, 0.3) is 0 Å². The Labute approximate surface area is 96.4 Å². The first-order valence-electron chi connectivity index (χ1n) is 5.74. The predicted octanol–water partition coefficient (Wildman–Crippen LogP) is 3.89. The summed E-state index contributed by atoms with van der Waals surface area (Å²) in [6.07, 6.45) is 26.2. The average Bonchev–Trinajstić information content (AvgIpc) is 3.02. The Morgan fingerprint density at radius 2 is 1.06 bits per heavy atom. The van der Waals surface area contributed by atoms with Gasteiger partial charge >= 0.3 is 0 Å². The van der Waals surface area contributed by atoms with E-state index < -0.39 is 0 Å². The molecule has 0 nitrogen and oxygen atoms in total. The van der Waals surface area contributed by atoms with Crippen molar-refractivity contribution in [2.75, 3.05) is 0 Å². The minimum atomic E-state index is 0.458. The maximum Gasteiger partial charge on any atom is 0.0181 e. The van der Waals surface area contributed by atoms with Gasteiger partial charge in [-0.05, 0) is 11.1 Å². The lowest BCUT2D eigenvalue weighted by Crippen LogP contribution is -2.06. The van der Waals surface area contributed by atoms with Gasteiger partial charge in [0.15, 0.2) is 0 Å². The zero-order valence-electron chi connectivity index (χ0n) is 9.08. The summed E-state index contributed by atoms with van der Waals surface area (Å²) in [5, 5.41) is 0. The Balaban J connectivity index is 2.04. The average molecular weight is 206 g/mol. The minimum absolute atomic E-state index is 0.458. The second-order valence-electron chi connectivity index (χ2n) is 4.22. The van der Waals surface area contributed by atoms with E-state index in [9.17, 15) is 0 Å². The zero-order chi connectivity index (χ0) is 10.8. The molecule has 0 heterocycles. The molecule has 0 fully saturated rings. The van der Waals surface area contributed by atoms with Crippen LogP contribution < -0.4 is 0 Å². The highest BCUT2D eigenvalue weighted by Gasteiger charge is 2.21. The molecule has 0 saturated heterocycles. The number of rotatable bonds is 2. The second kappa shape index (κ2) is 3.97. The van der Waals surface area contributed by atoms with Gasteiger partial charge in [0.1, 0.15) is 0 Å². The number of hydrogen-bond acceptors (Lipinski definition) is 0. The highest BCUT2D eigenvalue weighted by molar-refractivity contribution is 5.50. The molecule has 3 rings (SSSR count). The van der Waals surface area contributed by atoms with Crippen molar-refractivity contribution in [3.8, 4) is 0 Å². The molecule has 0 aromatic carbocycles. The van der Waals surface area contributed by atoms with E-state index in [4.69, 9.17) is 0 Å². The van der Waals surface area contributed by atoms with Crippen molar-refractivity contribution in [3.05, 3.63) is 84.1 Å². The molecule has 78 valence electrons. The smallest absolute Gasteiger partial charge is 0.0181 e. The van der Waals surface area contributed by atoms with Crippen LogP contribution in [0.15, 0.2) is 84.1 Å². The minimum Gasteiger partial charge on any atom is -0.0735 e. The van der Waals surface area contributed by atoms with E-state index in [0.29, 0.717) is 11.8 Å². The van der Waals surface area contributed by atoms with Crippen LogP contribution in [0.3, 0.4) is 0 Å². The maximum absolute atomic E-state index is 2.27. The van der Waals surface area contributed by atoms with Crippen LogP contribution in [0.1, 0.15) is 0 Å². The molecule has 0 radical (unpaired) electrons. The van der Waals surface area contributed by atoms with Gasteiger partial charge in [-0.25, -0.2) is 0 Å². The SMILES string of the molecule is C1=CC(=C(C2C=CC=C2)C2C=CC=C2)C=C1. The largest absolute Gasteiger partial charge is 0.0735 e. The quantitative estimate of drug-likeness (QED) is 0.643. The summed E-state index contributed by atoms with van der Waals surface area (Å²) < 4.78 is 0. The van der Waals surface area contributed by atoms with Crippen LogP contribution >= 0.6 is 0 Å². The summed E-state index contributed by atoms with van der Waals surface area (Å²) >= 11 is 0. The normalized spacial score (nSPS) is 22.1. The zero-order valence-corrected chi connectivity index (χ0v) is 9.08. The number of allylic oxidation sites excluding steroid dienone is 14. The Hall–Kier alpha value is -1.82. The van der Waals surface area contributed by atoms with Crippen LogP contribution in [0.5, 0.6) is 0 Å². The fourth-order valence-electron chi connectivity index (χ4n) is 2.45. The lowest BCUT2D eigenvalue weighted by Gasteiger charge is -2.18. The maximum atomic E-state index is 2.27. The molecule has 0 saturated carbocycles. The molecule has 3 aliphatic rings. The first-order chi connectivity index (χ1) is 7.95. The van der Waals surface area contributed by atoms with E-state index in [1.54, 1.807) is 0 Å². The van der Waals surface area contributed by atoms with Crippen LogP contribution in [0.2, 0.25) is 0 Å². The molecular weight excluding hydrogens is 192 g/mol. The van der Waals surface area contributed by atoms with Crippen molar-refractivity contribution in [1.29, 1.82) is 0 Å². The Morgan fingerprint density at radius 1 is 0.625 bits per heavy atom. The molecule has 0 unspecified atom stereocenters. The molecule has 0 aromatic rings. The topological polar surface area (TPSA) is 0 Å². The molecule has 0 N–H and O–H groups in total. The van der Waals surface area contributed by atoms with E-state index >= 15 is 0 Å². The molecule has 0 aliphatic heterocycles. The van der Waals surface area contributed by atoms with Crippen molar-refractivity contribution < 1.29 is 0 Å². The lowest BCUT2D eigenvalue weighted by molar-refractivity contribution is 0.826. The molecule has 0 amide bonds. The number of hydrogen-bond donors (Lipinski definition) is 0. The van der Waals surface area contributed by atoms with E-state index in [1.165, 1.54) is 11.1 Å². The van der Waals surface area contributed by atoms with Gasteiger partial charge < -0.3 is 0 Å². The summed E-state index contributed by atoms with van der Waals surface area (Å²) in [4.78, 5) is 0. The monoisotopic (exact) mass is 206 g/mol. The second-order valence-corrected chi connectivity index (χ2v) is 4.22. The third-order valence-electron chi connectivity index (χ3n) is 3.21. The molecule has 0 bridgehead atoms. The summed E-state index contributed by atoms with van der Waals surface area (Å²) in [6.45, 7) is 0. The Morgan fingerprint density at radius 3 is 1.50 bits per heavy atom. The Bertz CT molecular complexity index is 422. The third-order valence-corrected chi connectivity index (χ3v) is 3.21. The van der Waals surface area contributed by atoms with Gasteiger partial charge in [-0.15, -0.1) is 0 Å². The predicted molar refractivity (Wildman–Crippen MR) is 68.8 cm³/mol. The van der Waals surface area contributed by atoms with E-state index in [0.717, 1.165) is 0 Å². The first-order valence-corrected chi connectivity index (χ1v) is 5.74. The van der Waals surface area contributed by atoms with E-state index in [1.807, 2.05) is 0 Å². The van der Waals surface area contributed by atoms with Crippen molar-refractivity contribution in [2.45, 2.75) is 0 Å². The van der Waals surface area contributed by atoms with Crippen LogP contribution in [0.4, 0.5) is 0 Å². The van der Waals surface area contributed by atoms with Gasteiger partial charge in [-0.2, -0.15) is 0 Å². The van der Waals surface area contributed by atoms with Gasteiger partial charge in [0.2, 0.25) is 0 Å². The molecule has 16 heavy (non-hydrogen) atoms. The van der Waals surface area contributed by atoms with Crippen LogP contribution in [-0.2, 0) is 0 Å². The molecular formula is C16H14. The van der Waals surface area contributed by atoms with Crippen LogP contribution in [-0.4, -0.2) is 0 Å². The van der Waals surface area contributed by atoms with E-state index in [2.05, 4.69) is 72.9 Å². The van der Waals surface area contributed by atoms with Crippen LogP contribution in [0, 0.1) is 11.8 Å². The first kappa shape index (κ1) is 9.41. The highest BCUT2D eigenvalue weighted by Crippen LogP contribution is 2.34. The van der Waals surface area contributed by atoms with Crippen molar-refractivity contribution in [1.82, 2.24) is 0 Å². The van der Waals surface area contributed by atoms with Gasteiger partial charge in [0.25, 0.3) is 0 Å². The molecule has 0 atom stereocenters. The van der Waals surface area contributed by atoms with Gasteiger partial charge in [0.05, 0.1) is 0 Å². The summed E-state index contributed by atoms with van der Waals surface area (Å²) in [5.41, 5.74) is 2.85. The summed E-state index contributed by atoms with van der Waals surface area (Å²) in [6, 6.07) is 0. The third kappa shape index (κ3) is 1.57. The summed E-state index contributed by atoms with van der Waals surface area (Å²) in [5.74, 6) is 0.916. The standard InChI is InChI=1S/C16H14/c1-2-8-13(7-1)16(14-9-3-4-10-14)15-11-5-6-12-15/h1-14H. The van der Waals surface area contributed by atoms with Crippen molar-refractivity contribution in [2.24, 2.45) is 11.8 Å². The molecule has 0 aromatic heterocycles. The van der Waals surface area contributed by atoms with Crippen molar-refractivity contribution in [3.63, 3.8) is 0 Å². The fraction of sp³-hybridized carbons (Fsp3) is 0.125. The van der Waals surface area contributed by atoms with Gasteiger partial charge in [0, 0.05) is 11.8 Å². The highest BCUT2D eigenvalue weighted by atomic mass is 14.2. The fourth-order valence-corrected chi connectivity index (χ4v) is 2.45. The van der Waals surface area contributed by atoms with Gasteiger partial charge in [-0.3, -0.25) is 0 Å². The van der Waals surface area contributed by atoms with Crippen molar-refractivity contribution >= 4 is 0 Å². The van der Waals surface area contributed by atoms with Gasteiger partial charge in [-0.1, -0.05) is 72.9 Å². The molecule has 0 spiro atoms. The molecule has 3 aliphatic carbocycles. The Kier molecular flexibility index (Phi) is 2.34. The summed E-state index contributed by atoms with van der Waals surface area (Å²) in [7, 11) is 0. The molecule has 0 heteroatoms. The lowest BCUT2D eigenvalue weighted by atomic mass is 9.85.